The number of benzene rings is 2. The van der Waals surface area contributed by atoms with E-state index in [4.69, 9.17) is 4.74 Å². The maximum absolute atomic E-state index is 13.2. The number of ketones is 1. The number of aliphatic hydroxyl groups excluding tert-OH is 1. The van der Waals surface area contributed by atoms with E-state index in [-0.39, 0.29) is 17.4 Å². The number of hydrogen-bond donors (Lipinski definition) is 1. The quantitative estimate of drug-likeness (QED) is 0.373. The molecule has 1 amide bonds. The molecule has 2 heterocycles. The number of amides is 1. The van der Waals surface area contributed by atoms with Crippen LogP contribution in [0.25, 0.3) is 5.76 Å². The summed E-state index contributed by atoms with van der Waals surface area (Å²) < 4.78 is 5.78. The Morgan fingerprint density at radius 3 is 2.50 bits per heavy atom. The van der Waals surface area contributed by atoms with E-state index < -0.39 is 17.7 Å². The maximum Gasteiger partial charge on any atom is 0.295 e. The number of likely N-dealkylation sites (tertiary alicyclic amines) is 1. The number of Topliss-reactive ketones (excluding diaryl/α,β-unsaturated/α-hetero) is 1. The van der Waals surface area contributed by atoms with Crippen molar-refractivity contribution < 1.29 is 19.4 Å². The molecule has 0 aliphatic carbocycles. The number of nitrogens with zero attached hydrogens (tertiary/aromatic N) is 2. The number of carbonyl (C=O) groups excluding carboxylic acids is 2. The number of carbonyl (C=O) groups is 2. The second-order valence-corrected chi connectivity index (χ2v) is 9.93. The van der Waals surface area contributed by atoms with E-state index >= 15 is 0 Å². The second kappa shape index (κ2) is 9.63. The third-order valence-corrected chi connectivity index (χ3v) is 6.63. The Balaban J connectivity index is 1.77. The molecule has 0 aromatic heterocycles. The first-order valence-corrected chi connectivity index (χ1v) is 12.0. The van der Waals surface area contributed by atoms with Gasteiger partial charge in [-0.05, 0) is 74.8 Å². The highest BCUT2D eigenvalue weighted by atomic mass is 16.5. The number of rotatable bonds is 7. The van der Waals surface area contributed by atoms with Crippen molar-refractivity contribution in [2.45, 2.75) is 51.7 Å². The molecule has 6 nitrogen and oxygen atoms in total. The summed E-state index contributed by atoms with van der Waals surface area (Å²) in [7, 11) is 3.96. The van der Waals surface area contributed by atoms with Crippen molar-refractivity contribution in [1.29, 1.82) is 0 Å². The Morgan fingerprint density at radius 2 is 1.85 bits per heavy atom. The van der Waals surface area contributed by atoms with Crippen LogP contribution in [0.1, 0.15) is 61.4 Å². The topological polar surface area (TPSA) is 70.1 Å². The van der Waals surface area contributed by atoms with Crippen molar-refractivity contribution >= 4 is 17.4 Å². The fourth-order valence-corrected chi connectivity index (χ4v) is 4.80. The van der Waals surface area contributed by atoms with Crippen molar-refractivity contribution in [2.24, 2.45) is 0 Å². The largest absolute Gasteiger partial charge is 0.507 e. The van der Waals surface area contributed by atoms with E-state index in [1.807, 2.05) is 57.4 Å². The molecule has 2 aromatic rings. The molecular formula is C28H34N2O4. The van der Waals surface area contributed by atoms with Crippen LogP contribution in [-0.2, 0) is 16.0 Å². The molecule has 2 aliphatic heterocycles. The minimum atomic E-state index is -0.634. The summed E-state index contributed by atoms with van der Waals surface area (Å²) in [5, 5.41) is 11.3. The van der Waals surface area contributed by atoms with Crippen LogP contribution in [0.3, 0.4) is 0 Å². The molecule has 34 heavy (non-hydrogen) atoms. The molecule has 0 bridgehead atoms. The summed E-state index contributed by atoms with van der Waals surface area (Å²) in [4.78, 5) is 30.0. The standard InChI is InChI=1S/C28H34N2O4/c1-17(2)19-7-9-20(10-8-19)25-24(27(32)28(33)30(25)14-6-13-29(4)5)26(31)21-11-12-23-22(16-21)15-18(3)34-23/h7-12,16-18,25,31H,6,13-15H2,1-5H3/b26-24+/t18-,25-/m1/s1. The van der Waals surface area contributed by atoms with E-state index in [2.05, 4.69) is 18.7 Å². The highest BCUT2D eigenvalue weighted by molar-refractivity contribution is 6.46. The fourth-order valence-electron chi connectivity index (χ4n) is 4.80. The summed E-state index contributed by atoms with van der Waals surface area (Å²) in [6.45, 7) is 7.48. The van der Waals surface area contributed by atoms with Crippen molar-refractivity contribution in [3.63, 3.8) is 0 Å². The van der Waals surface area contributed by atoms with Crippen LogP contribution in [-0.4, -0.2) is 59.9 Å². The highest BCUT2D eigenvalue weighted by Gasteiger charge is 2.45. The summed E-state index contributed by atoms with van der Waals surface area (Å²) in [5.41, 5.74) is 3.69. The van der Waals surface area contributed by atoms with E-state index in [1.54, 1.807) is 11.0 Å². The molecule has 4 rings (SSSR count). The van der Waals surface area contributed by atoms with Crippen LogP contribution in [0.15, 0.2) is 48.0 Å². The van der Waals surface area contributed by atoms with Crippen molar-refractivity contribution in [3.8, 4) is 5.75 Å². The predicted molar refractivity (Wildman–Crippen MR) is 133 cm³/mol. The Hall–Kier alpha value is -3.12. The average Bonchev–Trinajstić information content (AvgIpc) is 3.29. The van der Waals surface area contributed by atoms with Gasteiger partial charge in [-0.15, -0.1) is 0 Å². The van der Waals surface area contributed by atoms with Gasteiger partial charge in [0.05, 0.1) is 11.6 Å². The van der Waals surface area contributed by atoms with Crippen LogP contribution >= 0.6 is 0 Å². The smallest absolute Gasteiger partial charge is 0.295 e. The lowest BCUT2D eigenvalue weighted by Crippen LogP contribution is -2.32. The number of fused-ring (bicyclic) bond motifs is 1. The molecule has 1 N–H and O–H groups in total. The molecule has 1 saturated heterocycles. The third kappa shape index (κ3) is 4.60. The van der Waals surface area contributed by atoms with Crippen LogP contribution in [0.5, 0.6) is 5.75 Å². The van der Waals surface area contributed by atoms with Gasteiger partial charge >= 0.3 is 0 Å². The van der Waals surface area contributed by atoms with E-state index in [1.165, 1.54) is 5.56 Å². The zero-order valence-corrected chi connectivity index (χ0v) is 20.7. The minimum Gasteiger partial charge on any atom is -0.507 e. The molecule has 0 spiro atoms. The molecule has 0 saturated carbocycles. The Labute approximate surface area is 201 Å². The van der Waals surface area contributed by atoms with Gasteiger partial charge in [0.2, 0.25) is 0 Å². The second-order valence-electron chi connectivity index (χ2n) is 9.93. The van der Waals surface area contributed by atoms with Gasteiger partial charge in [0.1, 0.15) is 17.6 Å². The fraction of sp³-hybridized carbons (Fsp3) is 0.429. The first-order chi connectivity index (χ1) is 16.2. The van der Waals surface area contributed by atoms with E-state index in [0.717, 1.165) is 36.3 Å². The molecule has 2 atom stereocenters. The van der Waals surface area contributed by atoms with Crippen LogP contribution in [0.4, 0.5) is 0 Å². The van der Waals surface area contributed by atoms with Crippen molar-refractivity contribution in [3.05, 3.63) is 70.3 Å². The molecule has 2 aliphatic rings. The molecule has 6 heteroatoms. The lowest BCUT2D eigenvalue weighted by atomic mass is 9.92. The molecule has 0 radical (unpaired) electrons. The van der Waals surface area contributed by atoms with Gasteiger partial charge in [0.25, 0.3) is 11.7 Å². The number of hydrogen-bond acceptors (Lipinski definition) is 5. The summed E-state index contributed by atoms with van der Waals surface area (Å²) in [6.07, 6.45) is 1.55. The predicted octanol–water partition coefficient (Wildman–Crippen LogP) is 4.51. The maximum atomic E-state index is 13.2. The lowest BCUT2D eigenvalue weighted by molar-refractivity contribution is -0.139. The first-order valence-electron chi connectivity index (χ1n) is 12.0. The molecular weight excluding hydrogens is 428 g/mol. The Kier molecular flexibility index (Phi) is 6.80. The van der Waals surface area contributed by atoms with Crippen molar-refractivity contribution in [1.82, 2.24) is 9.80 Å². The Morgan fingerprint density at radius 1 is 1.15 bits per heavy atom. The van der Waals surface area contributed by atoms with E-state index in [0.29, 0.717) is 18.0 Å². The average molecular weight is 463 g/mol. The lowest BCUT2D eigenvalue weighted by Gasteiger charge is -2.26. The molecule has 0 unspecified atom stereocenters. The SMILES string of the molecule is CC(C)c1ccc([C@@H]2/C(=C(\O)c3ccc4c(c3)C[C@@H](C)O4)C(=O)C(=O)N2CCCN(C)C)cc1. The van der Waals surface area contributed by atoms with Gasteiger partial charge in [-0.25, -0.2) is 0 Å². The Bertz CT molecular complexity index is 1120. The van der Waals surface area contributed by atoms with Crippen LogP contribution in [0.2, 0.25) is 0 Å². The highest BCUT2D eigenvalue weighted by Crippen LogP contribution is 2.41. The monoisotopic (exact) mass is 462 g/mol. The molecule has 180 valence electrons. The summed E-state index contributed by atoms with van der Waals surface area (Å²) >= 11 is 0. The molecule has 2 aromatic carbocycles. The van der Waals surface area contributed by atoms with Gasteiger partial charge < -0.3 is 19.6 Å². The normalized spacial score (nSPS) is 21.4. The van der Waals surface area contributed by atoms with Crippen LogP contribution in [0, 0.1) is 0 Å². The van der Waals surface area contributed by atoms with Gasteiger partial charge in [-0.2, -0.15) is 0 Å². The van der Waals surface area contributed by atoms with Gasteiger partial charge in [-0.3, -0.25) is 9.59 Å². The van der Waals surface area contributed by atoms with Gasteiger partial charge in [-0.1, -0.05) is 38.1 Å². The molecule has 1 fully saturated rings. The number of aliphatic hydroxyl groups is 1. The van der Waals surface area contributed by atoms with Crippen LogP contribution < -0.4 is 4.74 Å². The van der Waals surface area contributed by atoms with Gasteiger partial charge in [0, 0.05) is 18.5 Å². The number of ether oxygens (including phenoxy) is 1. The zero-order chi connectivity index (χ0) is 24.6. The third-order valence-electron chi connectivity index (χ3n) is 6.63. The van der Waals surface area contributed by atoms with Gasteiger partial charge in [0.15, 0.2) is 0 Å². The summed E-state index contributed by atoms with van der Waals surface area (Å²) in [6, 6.07) is 12.8. The van der Waals surface area contributed by atoms with Crippen molar-refractivity contribution in [2.75, 3.05) is 27.2 Å². The minimum absolute atomic E-state index is 0.0779. The van der Waals surface area contributed by atoms with E-state index in [9.17, 15) is 14.7 Å². The first kappa shape index (κ1) is 24.0. The zero-order valence-electron chi connectivity index (χ0n) is 20.7. The summed E-state index contributed by atoms with van der Waals surface area (Å²) in [5.74, 6) is -0.152.